The molecule has 1 rings (SSSR count). The largest absolute Gasteiger partial charge is 0.393 e. The van der Waals surface area contributed by atoms with Gasteiger partial charge in [-0.2, -0.15) is 13.2 Å². The lowest BCUT2D eigenvalue weighted by atomic mass is 10.1. The fourth-order valence-electron chi connectivity index (χ4n) is 1.17. The third-order valence-corrected chi connectivity index (χ3v) is 1.91. The summed E-state index contributed by atoms with van der Waals surface area (Å²) in [6, 6.07) is 6.05. The van der Waals surface area contributed by atoms with E-state index in [1.54, 1.807) is 19.1 Å². The van der Waals surface area contributed by atoms with Gasteiger partial charge in [0.05, 0.1) is 6.42 Å². The van der Waals surface area contributed by atoms with E-state index in [-0.39, 0.29) is 24.0 Å². The van der Waals surface area contributed by atoms with Gasteiger partial charge < -0.3 is 5.73 Å². The highest BCUT2D eigenvalue weighted by molar-refractivity contribution is 5.85. The Morgan fingerprint density at radius 3 is 2.00 bits per heavy atom. The van der Waals surface area contributed by atoms with Crippen LogP contribution in [0.4, 0.5) is 13.2 Å². The third kappa shape index (κ3) is 5.04. The van der Waals surface area contributed by atoms with Crippen LogP contribution in [0.25, 0.3) is 0 Å². The number of benzene rings is 1. The summed E-state index contributed by atoms with van der Waals surface area (Å²) >= 11 is 0. The van der Waals surface area contributed by atoms with E-state index in [0.717, 1.165) is 5.56 Å². The van der Waals surface area contributed by atoms with Gasteiger partial charge in [0.15, 0.2) is 0 Å². The SMILES string of the molecule is CC(N)c1ccc(CC(F)(F)F)cc1.Cl. The lowest BCUT2D eigenvalue weighted by Crippen LogP contribution is -2.11. The second-order valence-electron chi connectivity index (χ2n) is 3.32. The molecular weight excluding hydrogens is 227 g/mol. The molecule has 0 aliphatic rings. The van der Waals surface area contributed by atoms with Gasteiger partial charge in [-0.25, -0.2) is 0 Å². The van der Waals surface area contributed by atoms with Gasteiger partial charge in [0, 0.05) is 6.04 Å². The molecule has 0 aliphatic heterocycles. The molecule has 2 N–H and O–H groups in total. The topological polar surface area (TPSA) is 26.0 Å². The first-order valence-corrected chi connectivity index (χ1v) is 4.29. The quantitative estimate of drug-likeness (QED) is 0.843. The summed E-state index contributed by atoms with van der Waals surface area (Å²) < 4.78 is 35.9. The summed E-state index contributed by atoms with van der Waals surface area (Å²) in [5.41, 5.74) is 6.68. The third-order valence-electron chi connectivity index (χ3n) is 1.91. The minimum atomic E-state index is -4.14. The van der Waals surface area contributed by atoms with Crippen LogP contribution >= 0.6 is 12.4 Å². The van der Waals surface area contributed by atoms with Crippen molar-refractivity contribution in [3.8, 4) is 0 Å². The molecule has 0 aliphatic carbocycles. The maximum Gasteiger partial charge on any atom is 0.393 e. The van der Waals surface area contributed by atoms with Crippen LogP contribution in [0.3, 0.4) is 0 Å². The van der Waals surface area contributed by atoms with Crippen molar-refractivity contribution >= 4 is 12.4 Å². The number of nitrogens with two attached hydrogens (primary N) is 1. The van der Waals surface area contributed by atoms with Crippen molar-refractivity contribution in [2.75, 3.05) is 0 Å². The number of hydrogen-bond acceptors (Lipinski definition) is 1. The number of halogens is 4. The first-order valence-electron chi connectivity index (χ1n) is 4.29. The van der Waals surface area contributed by atoms with Crippen LogP contribution in [0.5, 0.6) is 0 Å². The summed E-state index contributed by atoms with van der Waals surface area (Å²) in [5, 5.41) is 0. The smallest absolute Gasteiger partial charge is 0.324 e. The van der Waals surface area contributed by atoms with Crippen molar-refractivity contribution in [2.24, 2.45) is 5.73 Å². The predicted octanol–water partition coefficient (Wildman–Crippen LogP) is 3.23. The predicted molar refractivity (Wildman–Crippen MR) is 56.1 cm³/mol. The Morgan fingerprint density at radius 2 is 1.67 bits per heavy atom. The molecule has 5 heteroatoms. The van der Waals surface area contributed by atoms with Gasteiger partial charge in [0.2, 0.25) is 0 Å². The van der Waals surface area contributed by atoms with E-state index in [1.807, 2.05) is 0 Å². The van der Waals surface area contributed by atoms with Crippen molar-refractivity contribution in [1.29, 1.82) is 0 Å². The van der Waals surface area contributed by atoms with Crippen LogP contribution in [0.1, 0.15) is 24.1 Å². The van der Waals surface area contributed by atoms with Gasteiger partial charge in [-0.15, -0.1) is 12.4 Å². The van der Waals surface area contributed by atoms with E-state index in [0.29, 0.717) is 0 Å². The molecule has 0 bridgehead atoms. The van der Waals surface area contributed by atoms with E-state index in [9.17, 15) is 13.2 Å². The van der Waals surface area contributed by atoms with Crippen molar-refractivity contribution < 1.29 is 13.2 Å². The van der Waals surface area contributed by atoms with Crippen LogP contribution in [-0.4, -0.2) is 6.18 Å². The molecule has 15 heavy (non-hydrogen) atoms. The summed E-state index contributed by atoms with van der Waals surface area (Å²) in [4.78, 5) is 0. The monoisotopic (exact) mass is 239 g/mol. The van der Waals surface area contributed by atoms with Crippen molar-refractivity contribution in [3.05, 3.63) is 35.4 Å². The fourth-order valence-corrected chi connectivity index (χ4v) is 1.17. The minimum Gasteiger partial charge on any atom is -0.324 e. The zero-order chi connectivity index (χ0) is 10.8. The Kier molecular flexibility index (Phi) is 5.11. The molecule has 0 radical (unpaired) electrons. The van der Waals surface area contributed by atoms with E-state index < -0.39 is 12.6 Å². The Labute approximate surface area is 92.9 Å². The maximum atomic E-state index is 12.0. The second kappa shape index (κ2) is 5.37. The molecule has 1 aromatic rings. The number of alkyl halides is 3. The summed E-state index contributed by atoms with van der Waals surface area (Å²) in [6.07, 6.45) is -5.03. The molecule has 86 valence electrons. The standard InChI is InChI=1S/C10H12F3N.ClH/c1-7(14)9-4-2-8(3-5-9)6-10(11,12)13;/h2-5,7H,6,14H2,1H3;1H. The molecule has 0 aromatic heterocycles. The van der Waals surface area contributed by atoms with Gasteiger partial charge in [-0.05, 0) is 18.1 Å². The van der Waals surface area contributed by atoms with Crippen molar-refractivity contribution in [2.45, 2.75) is 25.6 Å². The van der Waals surface area contributed by atoms with E-state index in [1.165, 1.54) is 12.1 Å². The first-order chi connectivity index (χ1) is 6.38. The zero-order valence-electron chi connectivity index (χ0n) is 8.21. The van der Waals surface area contributed by atoms with E-state index in [2.05, 4.69) is 0 Å². The zero-order valence-corrected chi connectivity index (χ0v) is 9.03. The van der Waals surface area contributed by atoms with Crippen molar-refractivity contribution in [3.63, 3.8) is 0 Å². The molecule has 0 heterocycles. The highest BCUT2D eigenvalue weighted by Crippen LogP contribution is 2.22. The lowest BCUT2D eigenvalue weighted by molar-refractivity contribution is -0.127. The second-order valence-corrected chi connectivity index (χ2v) is 3.32. The number of rotatable bonds is 2. The molecule has 0 amide bonds. The first kappa shape index (κ1) is 14.3. The maximum absolute atomic E-state index is 12.0. The Morgan fingerprint density at radius 1 is 1.20 bits per heavy atom. The van der Waals surface area contributed by atoms with Crippen LogP contribution in [-0.2, 0) is 6.42 Å². The molecule has 0 saturated heterocycles. The Bertz CT molecular complexity index is 293. The molecule has 1 nitrogen and oxygen atoms in total. The van der Waals surface area contributed by atoms with Crippen LogP contribution < -0.4 is 5.73 Å². The van der Waals surface area contributed by atoms with Gasteiger partial charge in [-0.1, -0.05) is 24.3 Å². The van der Waals surface area contributed by atoms with Gasteiger partial charge in [-0.3, -0.25) is 0 Å². The summed E-state index contributed by atoms with van der Waals surface area (Å²) in [6.45, 7) is 1.79. The van der Waals surface area contributed by atoms with Crippen LogP contribution in [0.15, 0.2) is 24.3 Å². The van der Waals surface area contributed by atoms with E-state index >= 15 is 0 Å². The van der Waals surface area contributed by atoms with Crippen molar-refractivity contribution in [1.82, 2.24) is 0 Å². The molecule has 0 fully saturated rings. The molecule has 1 atom stereocenters. The molecule has 1 unspecified atom stereocenters. The van der Waals surface area contributed by atoms with Gasteiger partial charge >= 0.3 is 6.18 Å². The van der Waals surface area contributed by atoms with Gasteiger partial charge in [0.1, 0.15) is 0 Å². The molecule has 0 saturated carbocycles. The number of hydrogen-bond donors (Lipinski definition) is 1. The molecule has 0 spiro atoms. The van der Waals surface area contributed by atoms with E-state index in [4.69, 9.17) is 5.73 Å². The lowest BCUT2D eigenvalue weighted by Gasteiger charge is -2.08. The molecular formula is C10H13ClF3N. The summed E-state index contributed by atoms with van der Waals surface area (Å²) in [5.74, 6) is 0. The average Bonchev–Trinajstić information content (AvgIpc) is 2.02. The van der Waals surface area contributed by atoms with Gasteiger partial charge in [0.25, 0.3) is 0 Å². The molecule has 1 aromatic carbocycles. The normalized spacial score (nSPS) is 13.1. The van der Waals surface area contributed by atoms with Crippen LogP contribution in [0, 0.1) is 0 Å². The fraction of sp³-hybridized carbons (Fsp3) is 0.400. The Hall–Kier alpha value is -0.740. The van der Waals surface area contributed by atoms with Crippen LogP contribution in [0.2, 0.25) is 0 Å². The minimum absolute atomic E-state index is 0. The summed E-state index contributed by atoms with van der Waals surface area (Å²) in [7, 11) is 0. The highest BCUT2D eigenvalue weighted by atomic mass is 35.5. The average molecular weight is 240 g/mol. The Balaban J connectivity index is 0.00000196. The highest BCUT2D eigenvalue weighted by Gasteiger charge is 2.27.